The van der Waals surface area contributed by atoms with Crippen LogP contribution < -0.4 is 11.1 Å². The quantitative estimate of drug-likeness (QED) is 0.461. The molecule has 0 amide bonds. The van der Waals surface area contributed by atoms with E-state index in [0.717, 1.165) is 8.14 Å². The van der Waals surface area contributed by atoms with Crippen molar-refractivity contribution in [2.45, 2.75) is 6.54 Å². The predicted molar refractivity (Wildman–Crippen MR) is 79.4 cm³/mol. The molecule has 1 aromatic heterocycles. The molecule has 6 heteroatoms. The fourth-order valence-corrected chi connectivity index (χ4v) is 1.96. The zero-order valence-electron chi connectivity index (χ0n) is 10.2. The maximum atomic E-state index is 12.0. The van der Waals surface area contributed by atoms with Crippen molar-refractivity contribution in [3.63, 3.8) is 0 Å². The van der Waals surface area contributed by atoms with Crippen LogP contribution in [0, 0.1) is 3.57 Å². The molecule has 0 bridgehead atoms. The van der Waals surface area contributed by atoms with Crippen molar-refractivity contribution < 1.29 is 4.79 Å². The number of carbonyl (C=O) groups excluding carboxylic acids is 1. The fraction of sp³-hybridized carbons (Fsp3) is 0.154. The molecule has 0 unspecified atom stereocenters. The topological polar surface area (TPSA) is 61.1 Å². The second kappa shape index (κ2) is 5.52. The van der Waals surface area contributed by atoms with Gasteiger partial charge in [0.2, 0.25) is 0 Å². The lowest BCUT2D eigenvalue weighted by Crippen LogP contribution is -2.40. The summed E-state index contributed by atoms with van der Waals surface area (Å²) in [6, 6.07) is 7.05. The number of ketones is 1. The van der Waals surface area contributed by atoms with E-state index in [1.54, 1.807) is 12.1 Å². The SMILES string of the molecule is Cn1ccn(CC(=O)c2ccc(I)cc2)c(=O)c1=O. The van der Waals surface area contributed by atoms with Gasteiger partial charge in [-0.3, -0.25) is 14.4 Å². The van der Waals surface area contributed by atoms with Crippen LogP contribution in [0.4, 0.5) is 0 Å². The summed E-state index contributed by atoms with van der Waals surface area (Å²) in [6.07, 6.45) is 2.90. The number of aryl methyl sites for hydroxylation is 1. The van der Waals surface area contributed by atoms with Crippen LogP contribution in [0.25, 0.3) is 0 Å². The van der Waals surface area contributed by atoms with Gasteiger partial charge in [-0.2, -0.15) is 0 Å². The van der Waals surface area contributed by atoms with E-state index in [-0.39, 0.29) is 12.3 Å². The van der Waals surface area contributed by atoms with Crippen molar-refractivity contribution in [3.8, 4) is 0 Å². The molecule has 0 saturated carbocycles. The Morgan fingerprint density at radius 3 is 2.37 bits per heavy atom. The Hall–Kier alpha value is -1.70. The minimum atomic E-state index is -0.691. The molecule has 0 radical (unpaired) electrons. The Balaban J connectivity index is 2.29. The molecule has 0 aliphatic rings. The normalized spacial score (nSPS) is 10.4. The number of halogens is 1. The molecule has 5 nitrogen and oxygen atoms in total. The van der Waals surface area contributed by atoms with E-state index >= 15 is 0 Å². The van der Waals surface area contributed by atoms with Gasteiger partial charge in [-0.05, 0) is 34.7 Å². The largest absolute Gasteiger partial charge is 0.316 e. The van der Waals surface area contributed by atoms with E-state index in [4.69, 9.17) is 0 Å². The van der Waals surface area contributed by atoms with E-state index in [1.807, 2.05) is 12.1 Å². The number of nitrogens with zero attached hydrogens (tertiary/aromatic N) is 2. The predicted octanol–water partition coefficient (Wildman–Crippen LogP) is 1.03. The molecule has 0 N–H and O–H groups in total. The molecule has 0 fully saturated rings. The number of carbonyl (C=O) groups is 1. The van der Waals surface area contributed by atoms with Gasteiger partial charge in [0.1, 0.15) is 0 Å². The highest BCUT2D eigenvalue weighted by molar-refractivity contribution is 14.1. The standard InChI is InChI=1S/C13H11IN2O3/c1-15-6-7-16(13(19)12(15)18)8-11(17)9-2-4-10(14)5-3-9/h2-7H,8H2,1H3. The van der Waals surface area contributed by atoms with E-state index in [2.05, 4.69) is 22.6 Å². The van der Waals surface area contributed by atoms with Crippen molar-refractivity contribution in [2.75, 3.05) is 0 Å². The number of rotatable bonds is 3. The summed E-state index contributed by atoms with van der Waals surface area (Å²) in [4.78, 5) is 35.2. The Bertz CT molecular complexity index is 729. The minimum absolute atomic E-state index is 0.129. The molecular formula is C13H11IN2O3. The molecule has 0 saturated heterocycles. The second-order valence-corrected chi connectivity index (χ2v) is 5.32. The number of aromatic nitrogens is 2. The summed E-state index contributed by atoms with van der Waals surface area (Å²) in [5.74, 6) is -0.202. The summed E-state index contributed by atoms with van der Waals surface area (Å²) >= 11 is 2.15. The summed E-state index contributed by atoms with van der Waals surface area (Å²) < 4.78 is 3.34. The third-order valence-electron chi connectivity index (χ3n) is 2.71. The highest BCUT2D eigenvalue weighted by Crippen LogP contribution is 2.07. The van der Waals surface area contributed by atoms with Crippen LogP contribution in [0.3, 0.4) is 0 Å². The zero-order valence-corrected chi connectivity index (χ0v) is 12.3. The summed E-state index contributed by atoms with van der Waals surface area (Å²) in [6.45, 7) is -0.129. The highest BCUT2D eigenvalue weighted by Gasteiger charge is 2.09. The molecule has 0 aliphatic heterocycles. The van der Waals surface area contributed by atoms with Crippen molar-refractivity contribution in [2.24, 2.45) is 7.05 Å². The van der Waals surface area contributed by atoms with Crippen molar-refractivity contribution in [1.82, 2.24) is 9.13 Å². The Morgan fingerprint density at radius 1 is 1.11 bits per heavy atom. The van der Waals surface area contributed by atoms with Gasteiger partial charge < -0.3 is 9.13 Å². The smallest absolute Gasteiger partial charge is 0.312 e. The van der Waals surface area contributed by atoms with Crippen LogP contribution in [0.15, 0.2) is 46.2 Å². The van der Waals surface area contributed by atoms with E-state index in [9.17, 15) is 14.4 Å². The number of hydrogen-bond donors (Lipinski definition) is 0. The van der Waals surface area contributed by atoms with Crippen LogP contribution in [0.5, 0.6) is 0 Å². The van der Waals surface area contributed by atoms with Crippen LogP contribution in [-0.2, 0) is 13.6 Å². The minimum Gasteiger partial charge on any atom is -0.312 e. The van der Waals surface area contributed by atoms with Gasteiger partial charge in [0.15, 0.2) is 5.78 Å². The lowest BCUT2D eigenvalue weighted by atomic mass is 10.1. The highest BCUT2D eigenvalue weighted by atomic mass is 127. The summed E-state index contributed by atoms with van der Waals surface area (Å²) in [5, 5.41) is 0. The van der Waals surface area contributed by atoms with E-state index in [1.165, 1.54) is 24.0 Å². The van der Waals surface area contributed by atoms with Gasteiger partial charge in [0, 0.05) is 28.6 Å². The molecule has 0 spiro atoms. The molecule has 19 heavy (non-hydrogen) atoms. The number of Topliss-reactive ketones (excluding diaryl/α,β-unsaturated/α-hetero) is 1. The molecule has 98 valence electrons. The van der Waals surface area contributed by atoms with Gasteiger partial charge >= 0.3 is 11.1 Å². The van der Waals surface area contributed by atoms with Crippen molar-refractivity contribution >= 4 is 28.4 Å². The van der Waals surface area contributed by atoms with Crippen LogP contribution in [0.1, 0.15) is 10.4 Å². The van der Waals surface area contributed by atoms with Gasteiger partial charge in [-0.1, -0.05) is 12.1 Å². The maximum absolute atomic E-state index is 12.0. The lowest BCUT2D eigenvalue weighted by Gasteiger charge is -2.05. The van der Waals surface area contributed by atoms with Gasteiger partial charge in [0.25, 0.3) is 0 Å². The Kier molecular flexibility index (Phi) is 3.98. The average molecular weight is 370 g/mol. The van der Waals surface area contributed by atoms with E-state index < -0.39 is 11.1 Å². The maximum Gasteiger partial charge on any atom is 0.316 e. The molecule has 0 aliphatic carbocycles. The van der Waals surface area contributed by atoms with Crippen molar-refractivity contribution in [3.05, 3.63) is 66.5 Å². The fourth-order valence-electron chi connectivity index (χ4n) is 1.60. The molecule has 0 atom stereocenters. The third-order valence-corrected chi connectivity index (χ3v) is 3.43. The van der Waals surface area contributed by atoms with Crippen LogP contribution >= 0.6 is 22.6 Å². The molecule has 2 rings (SSSR count). The van der Waals surface area contributed by atoms with Crippen LogP contribution in [-0.4, -0.2) is 14.9 Å². The molecule has 1 aromatic carbocycles. The van der Waals surface area contributed by atoms with Gasteiger partial charge in [-0.15, -0.1) is 0 Å². The first-order valence-electron chi connectivity index (χ1n) is 5.54. The Labute approximate surface area is 122 Å². The third kappa shape index (κ3) is 3.01. The second-order valence-electron chi connectivity index (χ2n) is 4.08. The number of hydrogen-bond acceptors (Lipinski definition) is 3. The summed E-state index contributed by atoms with van der Waals surface area (Å²) in [7, 11) is 1.50. The van der Waals surface area contributed by atoms with Gasteiger partial charge in [-0.25, -0.2) is 0 Å². The number of benzene rings is 1. The molecular weight excluding hydrogens is 359 g/mol. The lowest BCUT2D eigenvalue weighted by molar-refractivity contribution is 0.0970. The van der Waals surface area contributed by atoms with Crippen LogP contribution in [0.2, 0.25) is 0 Å². The Morgan fingerprint density at radius 2 is 1.74 bits per heavy atom. The van der Waals surface area contributed by atoms with E-state index in [0.29, 0.717) is 5.56 Å². The first-order valence-corrected chi connectivity index (χ1v) is 6.62. The molecule has 2 aromatic rings. The first-order chi connectivity index (χ1) is 8.99. The zero-order chi connectivity index (χ0) is 14.0. The summed E-state index contributed by atoms with van der Waals surface area (Å²) in [5.41, 5.74) is -0.810. The average Bonchev–Trinajstić information content (AvgIpc) is 2.40. The first kappa shape index (κ1) is 13.7. The monoisotopic (exact) mass is 370 g/mol. The van der Waals surface area contributed by atoms with Gasteiger partial charge in [0.05, 0.1) is 6.54 Å². The van der Waals surface area contributed by atoms with Crippen molar-refractivity contribution in [1.29, 1.82) is 0 Å². The molecule has 1 heterocycles.